The van der Waals surface area contributed by atoms with Crippen molar-refractivity contribution in [1.82, 2.24) is 9.97 Å². The summed E-state index contributed by atoms with van der Waals surface area (Å²) in [5, 5.41) is 1.11. The second kappa shape index (κ2) is 6.50. The molecule has 3 aromatic rings. The van der Waals surface area contributed by atoms with Gasteiger partial charge < -0.3 is 0 Å². The van der Waals surface area contributed by atoms with Gasteiger partial charge in [-0.25, -0.2) is 9.97 Å². The molecule has 0 aliphatic rings. The van der Waals surface area contributed by atoms with Crippen LogP contribution in [0.4, 0.5) is 0 Å². The third kappa shape index (κ3) is 4.12. The molecule has 0 aliphatic carbocycles. The lowest BCUT2D eigenvalue weighted by atomic mass is 9.85. The van der Waals surface area contributed by atoms with E-state index in [4.69, 9.17) is 4.98 Å². The molecule has 1 aromatic heterocycles. The second-order valence-electron chi connectivity index (χ2n) is 9.62. The van der Waals surface area contributed by atoms with E-state index >= 15 is 0 Å². The van der Waals surface area contributed by atoms with E-state index in [0.29, 0.717) is 0 Å². The summed E-state index contributed by atoms with van der Waals surface area (Å²) < 4.78 is 0. The molecule has 2 heteroatoms. The minimum atomic E-state index is 0.106. The number of fused-ring (bicyclic) bond motifs is 1. The van der Waals surface area contributed by atoms with E-state index in [-0.39, 0.29) is 10.8 Å². The summed E-state index contributed by atoms with van der Waals surface area (Å²) in [5.74, 6) is 0.813. The first-order valence-corrected chi connectivity index (χ1v) is 9.40. The van der Waals surface area contributed by atoms with Crippen LogP contribution >= 0.6 is 0 Å². The third-order valence-electron chi connectivity index (χ3n) is 4.62. The molecule has 0 aliphatic heterocycles. The van der Waals surface area contributed by atoms with Crippen molar-refractivity contribution in [2.75, 3.05) is 0 Å². The highest BCUT2D eigenvalue weighted by Crippen LogP contribution is 2.30. The number of aromatic nitrogens is 2. The van der Waals surface area contributed by atoms with Crippen LogP contribution in [0.15, 0.2) is 42.6 Å². The van der Waals surface area contributed by atoms with Crippen LogP contribution < -0.4 is 0 Å². The standard InChI is InChI=1S/C24H30N2/c1-16-11-19(13-20(12-16)24(5,6)7)22-25-15-18-10-8-9-17(21(18)26-22)14-23(2,3)4/h8-13,15H,14H2,1-7H3. The van der Waals surface area contributed by atoms with Crippen LogP contribution in [0.25, 0.3) is 22.3 Å². The molecular formula is C24H30N2. The molecule has 0 N–H and O–H groups in total. The Bertz CT molecular complexity index is 941. The molecule has 0 saturated heterocycles. The fraction of sp³-hybridized carbons (Fsp3) is 0.417. The van der Waals surface area contributed by atoms with Gasteiger partial charge in [0, 0.05) is 17.1 Å². The SMILES string of the molecule is Cc1cc(-c2ncc3cccc(CC(C)(C)C)c3n2)cc(C(C)(C)C)c1. The van der Waals surface area contributed by atoms with Gasteiger partial charge in [0.15, 0.2) is 5.82 Å². The molecule has 0 amide bonds. The molecule has 136 valence electrons. The van der Waals surface area contributed by atoms with Crippen LogP contribution in [0.3, 0.4) is 0 Å². The molecule has 26 heavy (non-hydrogen) atoms. The molecule has 0 atom stereocenters. The molecular weight excluding hydrogens is 316 g/mol. The summed E-state index contributed by atoms with van der Waals surface area (Å²) >= 11 is 0. The zero-order chi connectivity index (χ0) is 19.1. The van der Waals surface area contributed by atoms with Crippen LogP contribution in [0.2, 0.25) is 0 Å². The molecule has 2 nitrogen and oxygen atoms in total. The quantitative estimate of drug-likeness (QED) is 0.530. The molecule has 3 rings (SSSR count). The van der Waals surface area contributed by atoms with Crippen molar-refractivity contribution >= 4 is 10.9 Å². The highest BCUT2D eigenvalue weighted by Gasteiger charge is 2.17. The van der Waals surface area contributed by atoms with Crippen LogP contribution in [0.1, 0.15) is 58.2 Å². The fourth-order valence-electron chi connectivity index (χ4n) is 3.32. The van der Waals surface area contributed by atoms with E-state index in [1.165, 1.54) is 16.7 Å². The molecule has 0 unspecified atom stereocenters. The van der Waals surface area contributed by atoms with Gasteiger partial charge in [-0.2, -0.15) is 0 Å². The second-order valence-corrected chi connectivity index (χ2v) is 9.62. The highest BCUT2D eigenvalue weighted by molar-refractivity contribution is 5.83. The summed E-state index contributed by atoms with van der Waals surface area (Å²) in [4.78, 5) is 9.65. The lowest BCUT2D eigenvalue weighted by Crippen LogP contribution is -2.11. The van der Waals surface area contributed by atoms with Gasteiger partial charge in [-0.15, -0.1) is 0 Å². The van der Waals surface area contributed by atoms with Gasteiger partial charge in [0.2, 0.25) is 0 Å². The van der Waals surface area contributed by atoms with Crippen LogP contribution in [-0.4, -0.2) is 9.97 Å². The van der Waals surface area contributed by atoms with Crippen molar-refractivity contribution in [3.63, 3.8) is 0 Å². The van der Waals surface area contributed by atoms with Gasteiger partial charge in [0.05, 0.1) is 5.52 Å². The number of hydrogen-bond donors (Lipinski definition) is 0. The Kier molecular flexibility index (Phi) is 4.64. The molecule has 0 fully saturated rings. The first-order valence-electron chi connectivity index (χ1n) is 9.40. The fourth-order valence-corrected chi connectivity index (χ4v) is 3.32. The summed E-state index contributed by atoms with van der Waals surface area (Å²) in [6.45, 7) is 15.7. The maximum absolute atomic E-state index is 4.98. The minimum Gasteiger partial charge on any atom is -0.236 e. The Morgan fingerprint density at radius 2 is 1.65 bits per heavy atom. The van der Waals surface area contributed by atoms with E-state index in [9.17, 15) is 0 Å². The number of rotatable bonds is 2. The smallest absolute Gasteiger partial charge is 0.159 e. The van der Waals surface area contributed by atoms with Crippen molar-refractivity contribution in [3.8, 4) is 11.4 Å². The van der Waals surface area contributed by atoms with E-state index in [1.807, 2.05) is 6.20 Å². The Balaban J connectivity index is 2.15. The van der Waals surface area contributed by atoms with E-state index in [0.717, 1.165) is 28.7 Å². The van der Waals surface area contributed by atoms with Crippen LogP contribution in [0, 0.1) is 12.3 Å². The Labute approximate surface area is 157 Å². The topological polar surface area (TPSA) is 25.8 Å². The van der Waals surface area contributed by atoms with Gasteiger partial charge in [-0.3, -0.25) is 0 Å². The third-order valence-corrected chi connectivity index (χ3v) is 4.62. The average Bonchev–Trinajstić information content (AvgIpc) is 2.52. The van der Waals surface area contributed by atoms with Crippen LogP contribution in [0.5, 0.6) is 0 Å². The molecule has 0 bridgehead atoms. The minimum absolute atomic E-state index is 0.106. The zero-order valence-corrected chi connectivity index (χ0v) is 17.1. The largest absolute Gasteiger partial charge is 0.236 e. The van der Waals surface area contributed by atoms with Crippen molar-refractivity contribution in [1.29, 1.82) is 0 Å². The van der Waals surface area contributed by atoms with E-state index < -0.39 is 0 Å². The van der Waals surface area contributed by atoms with Crippen molar-refractivity contribution in [3.05, 3.63) is 59.3 Å². The monoisotopic (exact) mass is 346 g/mol. The van der Waals surface area contributed by atoms with E-state index in [1.54, 1.807) is 0 Å². The lowest BCUT2D eigenvalue weighted by Gasteiger charge is -2.21. The van der Waals surface area contributed by atoms with Crippen LogP contribution in [-0.2, 0) is 11.8 Å². The van der Waals surface area contributed by atoms with Crippen molar-refractivity contribution in [2.24, 2.45) is 5.41 Å². The molecule has 2 aromatic carbocycles. The Morgan fingerprint density at radius 3 is 2.31 bits per heavy atom. The maximum atomic E-state index is 4.98. The zero-order valence-electron chi connectivity index (χ0n) is 17.1. The predicted octanol–water partition coefficient (Wildman–Crippen LogP) is 6.49. The van der Waals surface area contributed by atoms with E-state index in [2.05, 4.69) is 89.8 Å². The van der Waals surface area contributed by atoms with Gasteiger partial charge in [-0.05, 0) is 47.4 Å². The lowest BCUT2D eigenvalue weighted by molar-refractivity contribution is 0.412. The van der Waals surface area contributed by atoms with Gasteiger partial charge in [0.1, 0.15) is 0 Å². The van der Waals surface area contributed by atoms with Gasteiger partial charge in [-0.1, -0.05) is 71.4 Å². The molecule has 0 spiro atoms. The summed E-state index contributed by atoms with van der Waals surface area (Å²) in [6, 6.07) is 13.1. The average molecular weight is 347 g/mol. The summed E-state index contributed by atoms with van der Waals surface area (Å²) in [7, 11) is 0. The number of para-hydroxylation sites is 1. The molecule has 0 radical (unpaired) electrons. The Hall–Kier alpha value is -2.22. The molecule has 0 saturated carbocycles. The van der Waals surface area contributed by atoms with Gasteiger partial charge >= 0.3 is 0 Å². The van der Waals surface area contributed by atoms with Crippen molar-refractivity contribution < 1.29 is 0 Å². The number of aryl methyl sites for hydroxylation is 1. The first kappa shape index (κ1) is 18.6. The first-order chi connectivity index (χ1) is 12.0. The number of nitrogens with zero attached hydrogens (tertiary/aromatic N) is 2. The predicted molar refractivity (Wildman–Crippen MR) is 112 cm³/mol. The molecule has 1 heterocycles. The normalized spacial score (nSPS) is 12.6. The van der Waals surface area contributed by atoms with Gasteiger partial charge in [0.25, 0.3) is 0 Å². The summed E-state index contributed by atoms with van der Waals surface area (Å²) in [5.41, 5.74) is 6.37. The number of benzene rings is 2. The van der Waals surface area contributed by atoms with Crippen molar-refractivity contribution in [2.45, 2.75) is 60.3 Å². The maximum Gasteiger partial charge on any atom is 0.159 e. The summed E-state index contributed by atoms with van der Waals surface area (Å²) in [6.07, 6.45) is 2.96. The Morgan fingerprint density at radius 1 is 0.923 bits per heavy atom. The highest BCUT2D eigenvalue weighted by atomic mass is 14.9. The number of hydrogen-bond acceptors (Lipinski definition) is 2.